The van der Waals surface area contributed by atoms with Crippen molar-refractivity contribution in [1.29, 1.82) is 0 Å². The highest BCUT2D eigenvalue weighted by Gasteiger charge is 2.30. The molecule has 0 radical (unpaired) electrons. The van der Waals surface area contributed by atoms with Gasteiger partial charge in [-0.3, -0.25) is 9.69 Å². The summed E-state index contributed by atoms with van der Waals surface area (Å²) in [6.07, 6.45) is 11.7. The molecular weight excluding hydrogens is 262 g/mol. The van der Waals surface area contributed by atoms with Gasteiger partial charge in [-0.2, -0.15) is 0 Å². The Hall–Kier alpha value is -1.29. The van der Waals surface area contributed by atoms with Crippen LogP contribution in [0, 0.1) is 5.92 Å². The van der Waals surface area contributed by atoms with Gasteiger partial charge in [0.2, 0.25) is 5.91 Å². The third-order valence-corrected chi connectivity index (χ3v) is 5.00. The summed E-state index contributed by atoms with van der Waals surface area (Å²) in [7, 11) is 0. The summed E-state index contributed by atoms with van der Waals surface area (Å²) in [5.74, 6) is 0.453. The van der Waals surface area contributed by atoms with Crippen molar-refractivity contribution in [2.45, 2.75) is 51.1 Å². The van der Waals surface area contributed by atoms with E-state index in [1.54, 1.807) is 0 Å². The lowest BCUT2D eigenvalue weighted by molar-refractivity contribution is -0.127. The largest absolute Gasteiger partial charge is 0.354 e. The summed E-state index contributed by atoms with van der Waals surface area (Å²) in [4.78, 5) is 14.9. The normalized spacial score (nSPS) is 24.3. The van der Waals surface area contributed by atoms with Gasteiger partial charge in [0.05, 0.1) is 5.92 Å². The van der Waals surface area contributed by atoms with Gasteiger partial charge in [-0.25, -0.2) is 0 Å². The van der Waals surface area contributed by atoms with Crippen LogP contribution < -0.4 is 5.32 Å². The summed E-state index contributed by atoms with van der Waals surface area (Å²) < 4.78 is 2.10. The van der Waals surface area contributed by atoms with Crippen LogP contribution in [0.25, 0.3) is 0 Å². The molecule has 1 saturated heterocycles. The maximum atomic E-state index is 12.3. The van der Waals surface area contributed by atoms with Crippen LogP contribution in [0.2, 0.25) is 0 Å². The van der Waals surface area contributed by atoms with E-state index in [-0.39, 0.29) is 11.8 Å². The second-order valence-corrected chi connectivity index (χ2v) is 6.48. The SMILES string of the molecule is O=C(NCCn1cccc1)[C@@H]1CCCN(C2CCCC2)C1. The van der Waals surface area contributed by atoms with E-state index in [1.807, 2.05) is 24.5 Å². The van der Waals surface area contributed by atoms with Gasteiger partial charge in [-0.05, 0) is 44.4 Å². The lowest BCUT2D eigenvalue weighted by Crippen LogP contribution is -2.46. The molecule has 1 aliphatic heterocycles. The van der Waals surface area contributed by atoms with Gasteiger partial charge < -0.3 is 9.88 Å². The quantitative estimate of drug-likeness (QED) is 0.903. The molecule has 0 spiro atoms. The van der Waals surface area contributed by atoms with E-state index in [9.17, 15) is 4.79 Å². The average molecular weight is 289 g/mol. The van der Waals surface area contributed by atoms with Crippen LogP contribution in [-0.2, 0) is 11.3 Å². The number of hydrogen-bond donors (Lipinski definition) is 1. The Balaban J connectivity index is 1.43. The minimum atomic E-state index is 0.198. The Morgan fingerprint density at radius 1 is 1.10 bits per heavy atom. The molecule has 1 aromatic rings. The lowest BCUT2D eigenvalue weighted by Gasteiger charge is -2.36. The van der Waals surface area contributed by atoms with Gasteiger partial charge in [0.1, 0.15) is 0 Å². The topological polar surface area (TPSA) is 37.3 Å². The van der Waals surface area contributed by atoms with Crippen LogP contribution in [0.15, 0.2) is 24.5 Å². The van der Waals surface area contributed by atoms with Crippen molar-refractivity contribution in [2.24, 2.45) is 5.92 Å². The van der Waals surface area contributed by atoms with E-state index in [0.29, 0.717) is 0 Å². The lowest BCUT2D eigenvalue weighted by atomic mass is 9.95. The minimum absolute atomic E-state index is 0.198. The van der Waals surface area contributed by atoms with Crippen molar-refractivity contribution in [3.05, 3.63) is 24.5 Å². The Bertz CT molecular complexity index is 437. The van der Waals surface area contributed by atoms with E-state index in [4.69, 9.17) is 0 Å². The Kier molecular flexibility index (Phi) is 4.96. The van der Waals surface area contributed by atoms with Crippen molar-refractivity contribution in [1.82, 2.24) is 14.8 Å². The fourth-order valence-corrected chi connectivity index (χ4v) is 3.79. The second kappa shape index (κ2) is 7.12. The van der Waals surface area contributed by atoms with Crippen LogP contribution in [-0.4, -0.2) is 41.1 Å². The molecule has 1 aliphatic carbocycles. The fourth-order valence-electron chi connectivity index (χ4n) is 3.79. The van der Waals surface area contributed by atoms with E-state index in [0.717, 1.165) is 32.1 Å². The van der Waals surface area contributed by atoms with E-state index in [2.05, 4.69) is 14.8 Å². The molecular formula is C17H27N3O. The molecule has 21 heavy (non-hydrogen) atoms. The highest BCUT2D eigenvalue weighted by Crippen LogP contribution is 2.27. The number of nitrogens with one attached hydrogen (secondary N) is 1. The molecule has 0 bridgehead atoms. The highest BCUT2D eigenvalue weighted by atomic mass is 16.1. The standard InChI is InChI=1S/C17H27N3O/c21-17(18-9-13-19-10-3-4-11-19)15-6-5-12-20(14-15)16-7-1-2-8-16/h3-4,10-11,15-16H,1-2,5-9,12-14H2,(H,18,21)/t15-/m1/s1. The third-order valence-electron chi connectivity index (χ3n) is 5.00. The first-order valence-electron chi connectivity index (χ1n) is 8.45. The molecule has 4 heteroatoms. The molecule has 116 valence electrons. The van der Waals surface area contributed by atoms with E-state index in [1.165, 1.54) is 38.6 Å². The second-order valence-electron chi connectivity index (χ2n) is 6.48. The van der Waals surface area contributed by atoms with Gasteiger partial charge >= 0.3 is 0 Å². The number of aromatic nitrogens is 1. The molecule has 2 heterocycles. The Labute approximate surface area is 127 Å². The third kappa shape index (κ3) is 3.88. The first-order valence-corrected chi connectivity index (χ1v) is 8.45. The predicted molar refractivity (Wildman–Crippen MR) is 84.0 cm³/mol. The number of carbonyl (C=O) groups excluding carboxylic acids is 1. The van der Waals surface area contributed by atoms with Crippen LogP contribution in [0.1, 0.15) is 38.5 Å². The van der Waals surface area contributed by atoms with Crippen molar-refractivity contribution in [2.75, 3.05) is 19.6 Å². The molecule has 1 N–H and O–H groups in total. The predicted octanol–water partition coefficient (Wildman–Crippen LogP) is 2.26. The molecule has 2 aliphatic rings. The number of amides is 1. The average Bonchev–Trinajstić information content (AvgIpc) is 3.21. The minimum Gasteiger partial charge on any atom is -0.354 e. The Morgan fingerprint density at radius 3 is 2.62 bits per heavy atom. The van der Waals surface area contributed by atoms with Crippen molar-refractivity contribution in [3.8, 4) is 0 Å². The molecule has 3 rings (SSSR count). The maximum Gasteiger partial charge on any atom is 0.224 e. The first kappa shape index (κ1) is 14.6. The van der Waals surface area contributed by atoms with Crippen LogP contribution in [0.5, 0.6) is 0 Å². The number of nitrogens with zero attached hydrogens (tertiary/aromatic N) is 2. The van der Waals surface area contributed by atoms with Crippen LogP contribution >= 0.6 is 0 Å². The molecule has 1 amide bonds. The molecule has 1 saturated carbocycles. The monoisotopic (exact) mass is 289 g/mol. The molecule has 0 aromatic carbocycles. The summed E-state index contributed by atoms with van der Waals surface area (Å²) in [5, 5.41) is 3.12. The smallest absolute Gasteiger partial charge is 0.224 e. The number of rotatable bonds is 5. The molecule has 4 nitrogen and oxygen atoms in total. The molecule has 1 aromatic heterocycles. The van der Waals surface area contributed by atoms with Gasteiger partial charge in [-0.15, -0.1) is 0 Å². The zero-order valence-corrected chi connectivity index (χ0v) is 12.8. The summed E-state index contributed by atoms with van der Waals surface area (Å²) in [6.45, 7) is 3.75. The highest BCUT2D eigenvalue weighted by molar-refractivity contribution is 5.78. The van der Waals surface area contributed by atoms with Crippen LogP contribution in [0.3, 0.4) is 0 Å². The summed E-state index contributed by atoms with van der Waals surface area (Å²) in [6, 6.07) is 4.78. The summed E-state index contributed by atoms with van der Waals surface area (Å²) >= 11 is 0. The van der Waals surface area contributed by atoms with Gasteiger partial charge in [0, 0.05) is 38.1 Å². The number of hydrogen-bond acceptors (Lipinski definition) is 2. The Morgan fingerprint density at radius 2 is 1.86 bits per heavy atom. The van der Waals surface area contributed by atoms with Crippen LogP contribution in [0.4, 0.5) is 0 Å². The van der Waals surface area contributed by atoms with Gasteiger partial charge in [0.15, 0.2) is 0 Å². The number of likely N-dealkylation sites (tertiary alicyclic amines) is 1. The molecule has 2 fully saturated rings. The zero-order valence-electron chi connectivity index (χ0n) is 12.8. The molecule has 0 unspecified atom stereocenters. The number of piperidine rings is 1. The van der Waals surface area contributed by atoms with E-state index >= 15 is 0 Å². The molecule has 1 atom stereocenters. The summed E-state index contributed by atoms with van der Waals surface area (Å²) in [5.41, 5.74) is 0. The van der Waals surface area contributed by atoms with Gasteiger partial charge in [-0.1, -0.05) is 12.8 Å². The van der Waals surface area contributed by atoms with Crippen molar-refractivity contribution >= 4 is 5.91 Å². The first-order chi connectivity index (χ1) is 10.3. The zero-order chi connectivity index (χ0) is 14.5. The fraction of sp³-hybridized carbons (Fsp3) is 0.706. The van der Waals surface area contributed by atoms with Crippen molar-refractivity contribution in [3.63, 3.8) is 0 Å². The van der Waals surface area contributed by atoms with Gasteiger partial charge in [0.25, 0.3) is 0 Å². The maximum absolute atomic E-state index is 12.3. The van der Waals surface area contributed by atoms with E-state index < -0.39 is 0 Å². The van der Waals surface area contributed by atoms with Crippen molar-refractivity contribution < 1.29 is 4.79 Å². The number of carbonyl (C=O) groups is 1.